The van der Waals surface area contributed by atoms with Gasteiger partial charge in [-0.25, -0.2) is 9.97 Å². The van der Waals surface area contributed by atoms with Crippen LogP contribution >= 0.6 is 0 Å². The molecular weight excluding hydrogens is 242 g/mol. The van der Waals surface area contributed by atoms with Crippen molar-refractivity contribution in [3.8, 4) is 0 Å². The zero-order valence-corrected chi connectivity index (χ0v) is 12.1. The lowest BCUT2D eigenvalue weighted by Crippen LogP contribution is -2.30. The van der Waals surface area contributed by atoms with Crippen molar-refractivity contribution in [3.63, 3.8) is 0 Å². The van der Waals surface area contributed by atoms with Crippen LogP contribution in [-0.2, 0) is 0 Å². The average molecular weight is 265 g/mol. The van der Waals surface area contributed by atoms with E-state index in [1.54, 1.807) is 18.1 Å². The Morgan fingerprint density at radius 2 is 2.21 bits per heavy atom. The lowest BCUT2D eigenvalue weighted by molar-refractivity contribution is 0.0788. The number of nitrogens with two attached hydrogens (primary N) is 1. The van der Waals surface area contributed by atoms with E-state index in [9.17, 15) is 4.79 Å². The highest BCUT2D eigenvalue weighted by atomic mass is 16.2. The third-order valence-corrected chi connectivity index (χ3v) is 2.88. The minimum atomic E-state index is -0.134. The third kappa shape index (κ3) is 3.89. The number of carbonyl (C=O) groups is 1. The predicted octanol–water partition coefficient (Wildman–Crippen LogP) is 1.76. The molecule has 0 aliphatic rings. The number of hydrogen-bond donors (Lipinski definition) is 2. The normalized spacial score (nSPS) is 10.6. The molecule has 0 aromatic carbocycles. The Hall–Kier alpha value is -1.69. The lowest BCUT2D eigenvalue weighted by Gasteiger charge is -2.18. The van der Waals surface area contributed by atoms with Crippen molar-refractivity contribution in [3.05, 3.63) is 17.7 Å². The molecular formula is C13H23N5O. The van der Waals surface area contributed by atoms with Gasteiger partial charge >= 0.3 is 0 Å². The van der Waals surface area contributed by atoms with Gasteiger partial charge in [0.05, 0.1) is 11.9 Å². The Bertz CT molecular complexity index is 433. The van der Waals surface area contributed by atoms with Gasteiger partial charge in [0.2, 0.25) is 0 Å². The van der Waals surface area contributed by atoms with Crippen LogP contribution in [0, 0.1) is 0 Å². The van der Waals surface area contributed by atoms with Crippen molar-refractivity contribution in [2.45, 2.75) is 39.5 Å². The van der Waals surface area contributed by atoms with Crippen molar-refractivity contribution in [2.24, 2.45) is 5.84 Å². The summed E-state index contributed by atoms with van der Waals surface area (Å²) in [7, 11) is 1.77. The van der Waals surface area contributed by atoms with E-state index in [2.05, 4.69) is 22.3 Å². The summed E-state index contributed by atoms with van der Waals surface area (Å²) in [5, 5.41) is 0. The van der Waals surface area contributed by atoms with Crippen LogP contribution in [-0.4, -0.2) is 34.4 Å². The van der Waals surface area contributed by atoms with E-state index in [1.807, 2.05) is 13.8 Å². The summed E-state index contributed by atoms with van der Waals surface area (Å²) in [5.74, 6) is 6.09. The smallest absolute Gasteiger partial charge is 0.274 e. The molecule has 0 saturated carbocycles. The number of carbonyl (C=O) groups excluding carboxylic acids is 1. The molecule has 0 fully saturated rings. The molecule has 1 aromatic rings. The number of nitrogen functional groups attached to an aromatic ring is 1. The van der Waals surface area contributed by atoms with Crippen LogP contribution in [0.25, 0.3) is 0 Å². The minimum Gasteiger partial charge on any atom is -0.340 e. The second-order valence-corrected chi connectivity index (χ2v) is 4.87. The number of aromatic nitrogens is 2. The quantitative estimate of drug-likeness (QED) is 0.605. The van der Waals surface area contributed by atoms with Gasteiger partial charge in [0.1, 0.15) is 5.82 Å². The van der Waals surface area contributed by atoms with Gasteiger partial charge in [-0.1, -0.05) is 27.2 Å². The molecule has 0 saturated heterocycles. The van der Waals surface area contributed by atoms with Gasteiger partial charge in [0, 0.05) is 19.5 Å². The minimum absolute atomic E-state index is 0.134. The predicted molar refractivity (Wildman–Crippen MR) is 75.8 cm³/mol. The van der Waals surface area contributed by atoms with Crippen molar-refractivity contribution >= 4 is 11.6 Å². The number of nitrogens with zero attached hydrogens (tertiary/aromatic N) is 3. The molecule has 0 unspecified atom stereocenters. The van der Waals surface area contributed by atoms with Crippen molar-refractivity contribution in [2.75, 3.05) is 19.0 Å². The SMILES string of the molecule is CCCCN(C)C(=O)c1nc(C(C)C)ncc1NN. The second-order valence-electron chi connectivity index (χ2n) is 4.87. The summed E-state index contributed by atoms with van der Waals surface area (Å²) in [6, 6.07) is 0. The van der Waals surface area contributed by atoms with Crippen LogP contribution in [0.4, 0.5) is 5.69 Å². The number of amides is 1. The van der Waals surface area contributed by atoms with Gasteiger partial charge < -0.3 is 10.3 Å². The Labute approximate surface area is 114 Å². The number of hydrazine groups is 1. The van der Waals surface area contributed by atoms with E-state index in [0.717, 1.165) is 12.8 Å². The van der Waals surface area contributed by atoms with Crippen molar-refractivity contribution in [1.29, 1.82) is 0 Å². The largest absolute Gasteiger partial charge is 0.340 e. The summed E-state index contributed by atoms with van der Waals surface area (Å²) in [4.78, 5) is 22.5. The first kappa shape index (κ1) is 15.4. The molecule has 0 radical (unpaired) electrons. The summed E-state index contributed by atoms with van der Waals surface area (Å²) in [6.45, 7) is 6.77. The third-order valence-electron chi connectivity index (χ3n) is 2.88. The van der Waals surface area contributed by atoms with E-state index in [0.29, 0.717) is 23.8 Å². The van der Waals surface area contributed by atoms with E-state index in [4.69, 9.17) is 5.84 Å². The van der Waals surface area contributed by atoms with Crippen LogP contribution in [0.1, 0.15) is 55.8 Å². The maximum atomic E-state index is 12.3. The molecule has 0 spiro atoms. The zero-order valence-electron chi connectivity index (χ0n) is 12.1. The molecule has 6 nitrogen and oxygen atoms in total. The summed E-state index contributed by atoms with van der Waals surface area (Å²) >= 11 is 0. The molecule has 1 amide bonds. The van der Waals surface area contributed by atoms with Gasteiger partial charge in [0.15, 0.2) is 5.69 Å². The molecule has 19 heavy (non-hydrogen) atoms. The van der Waals surface area contributed by atoms with Gasteiger partial charge in [-0.3, -0.25) is 10.6 Å². The highest BCUT2D eigenvalue weighted by molar-refractivity contribution is 5.97. The molecule has 106 valence electrons. The fourth-order valence-corrected chi connectivity index (χ4v) is 1.62. The number of unbranched alkanes of at least 4 members (excludes halogenated alkanes) is 1. The summed E-state index contributed by atoms with van der Waals surface area (Å²) in [6.07, 6.45) is 3.57. The van der Waals surface area contributed by atoms with Crippen LogP contribution in [0.2, 0.25) is 0 Å². The summed E-state index contributed by atoms with van der Waals surface area (Å²) < 4.78 is 0. The van der Waals surface area contributed by atoms with Crippen LogP contribution in [0.3, 0.4) is 0 Å². The molecule has 1 rings (SSSR count). The Morgan fingerprint density at radius 3 is 2.74 bits per heavy atom. The number of anilines is 1. The van der Waals surface area contributed by atoms with Gasteiger partial charge in [-0.05, 0) is 6.42 Å². The van der Waals surface area contributed by atoms with E-state index in [1.165, 1.54) is 0 Å². The fourth-order valence-electron chi connectivity index (χ4n) is 1.62. The number of nitrogens with one attached hydrogen (secondary N) is 1. The number of rotatable bonds is 6. The van der Waals surface area contributed by atoms with Crippen LogP contribution < -0.4 is 11.3 Å². The van der Waals surface area contributed by atoms with Gasteiger partial charge in [-0.15, -0.1) is 0 Å². The summed E-state index contributed by atoms with van der Waals surface area (Å²) in [5.41, 5.74) is 3.27. The average Bonchev–Trinajstić information content (AvgIpc) is 2.42. The highest BCUT2D eigenvalue weighted by Gasteiger charge is 2.19. The van der Waals surface area contributed by atoms with E-state index >= 15 is 0 Å². The van der Waals surface area contributed by atoms with Crippen molar-refractivity contribution in [1.82, 2.24) is 14.9 Å². The topological polar surface area (TPSA) is 84.1 Å². The molecule has 1 heterocycles. The van der Waals surface area contributed by atoms with Crippen LogP contribution in [0.5, 0.6) is 0 Å². The molecule has 0 atom stereocenters. The first-order chi connectivity index (χ1) is 9.01. The zero-order chi connectivity index (χ0) is 14.4. The van der Waals surface area contributed by atoms with Gasteiger partial charge in [-0.2, -0.15) is 0 Å². The lowest BCUT2D eigenvalue weighted by atomic mass is 10.2. The Morgan fingerprint density at radius 1 is 1.53 bits per heavy atom. The monoisotopic (exact) mass is 265 g/mol. The molecule has 6 heteroatoms. The molecule has 0 aliphatic heterocycles. The highest BCUT2D eigenvalue weighted by Crippen LogP contribution is 2.17. The Kier molecular flexibility index (Phi) is 5.69. The van der Waals surface area contributed by atoms with E-state index in [-0.39, 0.29) is 11.8 Å². The second kappa shape index (κ2) is 7.04. The van der Waals surface area contributed by atoms with Crippen LogP contribution in [0.15, 0.2) is 6.20 Å². The standard InChI is InChI=1S/C13H23N5O/c1-5-6-7-18(4)13(19)11-10(17-14)8-15-12(16-11)9(2)3/h8-9,17H,5-7,14H2,1-4H3. The Balaban J connectivity index is 3.02. The molecule has 3 N–H and O–H groups in total. The van der Waals surface area contributed by atoms with Gasteiger partial charge in [0.25, 0.3) is 5.91 Å². The first-order valence-electron chi connectivity index (χ1n) is 6.60. The fraction of sp³-hybridized carbons (Fsp3) is 0.615. The molecule has 1 aromatic heterocycles. The van der Waals surface area contributed by atoms with E-state index < -0.39 is 0 Å². The molecule has 0 aliphatic carbocycles. The first-order valence-corrected chi connectivity index (χ1v) is 6.60. The number of hydrogen-bond acceptors (Lipinski definition) is 5. The maximum absolute atomic E-state index is 12.3. The maximum Gasteiger partial charge on any atom is 0.274 e. The molecule has 0 bridgehead atoms. The van der Waals surface area contributed by atoms with Crippen molar-refractivity contribution < 1.29 is 4.79 Å².